The molecule has 19 heavy (non-hydrogen) atoms. The van der Waals surface area contributed by atoms with Crippen LogP contribution in [-0.2, 0) is 9.53 Å². The Morgan fingerprint density at radius 3 is 2.47 bits per heavy atom. The first-order valence-corrected chi connectivity index (χ1v) is 5.64. The fourth-order valence-corrected chi connectivity index (χ4v) is 1.82. The second-order valence-corrected chi connectivity index (χ2v) is 4.75. The first-order valence-electron chi connectivity index (χ1n) is 5.64. The second kappa shape index (κ2) is 4.82. The van der Waals surface area contributed by atoms with Crippen molar-refractivity contribution in [2.45, 2.75) is 13.0 Å². The first kappa shape index (κ1) is 13.8. The minimum Gasteiger partial charge on any atom is -0.379 e. The molecule has 2 atom stereocenters. The Hall–Kier alpha value is -1.60. The molecule has 1 amide bonds. The molecule has 1 heterocycles. The minimum absolute atomic E-state index is 0.117. The van der Waals surface area contributed by atoms with Crippen molar-refractivity contribution in [1.29, 1.82) is 0 Å². The van der Waals surface area contributed by atoms with Crippen LogP contribution in [0.25, 0.3) is 0 Å². The number of carbonyl (C=O) groups is 1. The number of carbonyl (C=O) groups excluding carboxylic acids is 1. The number of ether oxygens (including phenoxy) is 1. The van der Waals surface area contributed by atoms with E-state index in [1.54, 1.807) is 6.92 Å². The predicted octanol–water partition coefficient (Wildman–Crippen LogP) is 1.41. The van der Waals surface area contributed by atoms with Crippen LogP contribution in [0.4, 0.5) is 18.9 Å². The van der Waals surface area contributed by atoms with Gasteiger partial charge in [0.2, 0.25) is 5.91 Å². The number of halogens is 3. The summed E-state index contributed by atoms with van der Waals surface area (Å²) in [6.45, 7) is 1.94. The molecule has 0 saturated carbocycles. The van der Waals surface area contributed by atoms with Crippen molar-refractivity contribution in [2.75, 3.05) is 18.5 Å². The number of nitrogens with two attached hydrogens (primary N) is 1. The van der Waals surface area contributed by atoms with Crippen molar-refractivity contribution >= 4 is 11.6 Å². The maximum absolute atomic E-state index is 13.0. The molecule has 4 nitrogen and oxygen atoms in total. The van der Waals surface area contributed by atoms with E-state index in [-0.39, 0.29) is 18.9 Å². The lowest BCUT2D eigenvalue weighted by molar-refractivity contribution is -0.125. The summed E-state index contributed by atoms with van der Waals surface area (Å²) in [5.74, 6) is -4.84. The van der Waals surface area contributed by atoms with Gasteiger partial charge in [0.15, 0.2) is 17.5 Å². The Bertz CT molecular complexity index is 501. The molecule has 104 valence electrons. The molecule has 0 aliphatic carbocycles. The summed E-state index contributed by atoms with van der Waals surface area (Å²) in [6.07, 6.45) is 0. The van der Waals surface area contributed by atoms with Crippen molar-refractivity contribution in [2.24, 2.45) is 11.1 Å². The van der Waals surface area contributed by atoms with Crippen LogP contribution in [0.15, 0.2) is 12.1 Å². The average molecular weight is 274 g/mol. The lowest BCUT2D eigenvalue weighted by Gasteiger charge is -2.25. The van der Waals surface area contributed by atoms with Gasteiger partial charge in [0, 0.05) is 23.9 Å². The van der Waals surface area contributed by atoms with Crippen LogP contribution >= 0.6 is 0 Å². The molecule has 2 unspecified atom stereocenters. The summed E-state index contributed by atoms with van der Waals surface area (Å²) in [7, 11) is 0. The zero-order valence-corrected chi connectivity index (χ0v) is 10.2. The molecule has 1 aliphatic rings. The van der Waals surface area contributed by atoms with Crippen LogP contribution in [0, 0.1) is 22.9 Å². The third kappa shape index (κ3) is 2.43. The molecule has 1 aromatic carbocycles. The first-order chi connectivity index (χ1) is 8.84. The standard InChI is InChI=1S/C12H13F3N2O2/c1-12(5-19-4-9(12)16)11(18)17-6-2-7(13)10(15)8(14)3-6/h2-3,9H,4-5,16H2,1H3,(H,17,18). The van der Waals surface area contributed by atoms with Crippen LogP contribution in [0.5, 0.6) is 0 Å². The van der Waals surface area contributed by atoms with Gasteiger partial charge < -0.3 is 15.8 Å². The number of hydrogen-bond acceptors (Lipinski definition) is 3. The Labute approximate surface area is 107 Å². The number of rotatable bonds is 2. The fraction of sp³-hybridized carbons (Fsp3) is 0.417. The quantitative estimate of drug-likeness (QED) is 0.801. The molecular formula is C12H13F3N2O2. The molecule has 1 saturated heterocycles. The highest BCUT2D eigenvalue weighted by atomic mass is 19.2. The minimum atomic E-state index is -1.58. The molecule has 0 radical (unpaired) electrons. The lowest BCUT2D eigenvalue weighted by Crippen LogP contribution is -2.47. The van der Waals surface area contributed by atoms with Crippen LogP contribution in [0.2, 0.25) is 0 Å². The Kier molecular flexibility index (Phi) is 3.51. The van der Waals surface area contributed by atoms with Gasteiger partial charge in [0.05, 0.1) is 18.6 Å². The Balaban J connectivity index is 2.20. The predicted molar refractivity (Wildman–Crippen MR) is 61.8 cm³/mol. The van der Waals surface area contributed by atoms with Gasteiger partial charge in [-0.25, -0.2) is 13.2 Å². The third-order valence-corrected chi connectivity index (χ3v) is 3.28. The molecule has 1 aromatic rings. The zero-order valence-electron chi connectivity index (χ0n) is 10.2. The molecule has 1 fully saturated rings. The smallest absolute Gasteiger partial charge is 0.234 e. The summed E-state index contributed by atoms with van der Waals surface area (Å²) in [6, 6.07) is 0.907. The highest BCUT2D eigenvalue weighted by Crippen LogP contribution is 2.29. The van der Waals surface area contributed by atoms with Gasteiger partial charge in [0.1, 0.15) is 0 Å². The van der Waals surface area contributed by atoms with Gasteiger partial charge in [-0.1, -0.05) is 0 Å². The monoisotopic (exact) mass is 274 g/mol. The van der Waals surface area contributed by atoms with Crippen LogP contribution < -0.4 is 11.1 Å². The topological polar surface area (TPSA) is 64.3 Å². The second-order valence-electron chi connectivity index (χ2n) is 4.75. The van der Waals surface area contributed by atoms with E-state index in [9.17, 15) is 18.0 Å². The third-order valence-electron chi connectivity index (χ3n) is 3.28. The van der Waals surface area contributed by atoms with Crippen molar-refractivity contribution in [3.05, 3.63) is 29.6 Å². The van der Waals surface area contributed by atoms with Crippen molar-refractivity contribution < 1.29 is 22.7 Å². The summed E-state index contributed by atoms with van der Waals surface area (Å²) in [5, 5.41) is 2.32. The summed E-state index contributed by atoms with van der Waals surface area (Å²) >= 11 is 0. The van der Waals surface area contributed by atoms with E-state index in [1.165, 1.54) is 0 Å². The van der Waals surface area contributed by atoms with Gasteiger partial charge in [-0.05, 0) is 6.92 Å². The van der Waals surface area contributed by atoms with Crippen molar-refractivity contribution in [1.82, 2.24) is 0 Å². The van der Waals surface area contributed by atoms with Gasteiger partial charge in [-0.2, -0.15) is 0 Å². The largest absolute Gasteiger partial charge is 0.379 e. The van der Waals surface area contributed by atoms with Crippen LogP contribution in [0.1, 0.15) is 6.92 Å². The van der Waals surface area contributed by atoms with Crippen molar-refractivity contribution in [3.63, 3.8) is 0 Å². The normalized spacial score (nSPS) is 26.5. The Morgan fingerprint density at radius 2 is 2.00 bits per heavy atom. The summed E-state index contributed by atoms with van der Waals surface area (Å²) in [5.41, 5.74) is 4.61. The maximum Gasteiger partial charge on any atom is 0.234 e. The van der Waals surface area contributed by atoms with E-state index < -0.39 is 34.8 Å². The van der Waals surface area contributed by atoms with Crippen LogP contribution in [0.3, 0.4) is 0 Å². The molecular weight excluding hydrogens is 261 g/mol. The Morgan fingerprint density at radius 1 is 1.42 bits per heavy atom. The van der Waals surface area contributed by atoms with E-state index in [4.69, 9.17) is 10.5 Å². The van der Waals surface area contributed by atoms with E-state index in [1.807, 2.05) is 0 Å². The van der Waals surface area contributed by atoms with E-state index in [0.717, 1.165) is 0 Å². The highest BCUT2D eigenvalue weighted by molar-refractivity contribution is 5.96. The van der Waals surface area contributed by atoms with Gasteiger partial charge in [-0.15, -0.1) is 0 Å². The number of nitrogens with one attached hydrogen (secondary N) is 1. The average Bonchev–Trinajstić information content (AvgIpc) is 2.68. The molecule has 3 N–H and O–H groups in total. The van der Waals surface area contributed by atoms with E-state index in [0.29, 0.717) is 12.1 Å². The van der Waals surface area contributed by atoms with Gasteiger partial charge >= 0.3 is 0 Å². The molecule has 1 aliphatic heterocycles. The molecule has 0 spiro atoms. The lowest BCUT2D eigenvalue weighted by atomic mass is 9.85. The fourth-order valence-electron chi connectivity index (χ4n) is 1.82. The maximum atomic E-state index is 13.0. The summed E-state index contributed by atoms with van der Waals surface area (Å²) < 4.78 is 43.9. The number of benzene rings is 1. The number of anilines is 1. The number of amides is 1. The SMILES string of the molecule is CC1(C(=O)Nc2cc(F)c(F)c(F)c2)COCC1N. The van der Waals surface area contributed by atoms with Crippen molar-refractivity contribution in [3.8, 4) is 0 Å². The van der Waals surface area contributed by atoms with E-state index >= 15 is 0 Å². The van der Waals surface area contributed by atoms with E-state index in [2.05, 4.69) is 5.32 Å². The molecule has 7 heteroatoms. The molecule has 0 bridgehead atoms. The van der Waals surface area contributed by atoms with Gasteiger partial charge in [0.25, 0.3) is 0 Å². The molecule has 2 rings (SSSR count). The molecule has 0 aromatic heterocycles. The van der Waals surface area contributed by atoms with Gasteiger partial charge in [-0.3, -0.25) is 4.79 Å². The summed E-state index contributed by atoms with van der Waals surface area (Å²) in [4.78, 5) is 12.0. The van der Waals surface area contributed by atoms with Crippen LogP contribution in [-0.4, -0.2) is 25.2 Å². The highest BCUT2D eigenvalue weighted by Gasteiger charge is 2.44. The number of hydrogen-bond donors (Lipinski definition) is 2. The zero-order chi connectivity index (χ0) is 14.2.